The molecule has 1 aromatic heterocycles. The minimum Gasteiger partial charge on any atom is -0.266 e. The maximum Gasteiger partial charge on any atom is 0.356 e. The van der Waals surface area contributed by atoms with Crippen molar-refractivity contribution in [2.24, 2.45) is 0 Å². The molecule has 3 rings (SSSR count). The summed E-state index contributed by atoms with van der Waals surface area (Å²) in [5, 5.41) is 1.52. The number of hydrogen-bond acceptors (Lipinski definition) is 5. The van der Waals surface area contributed by atoms with Crippen molar-refractivity contribution in [2.75, 3.05) is 11.6 Å². The molecule has 0 saturated heterocycles. The summed E-state index contributed by atoms with van der Waals surface area (Å²) in [5.41, 5.74) is 2.30. The zero-order chi connectivity index (χ0) is 18.5. The molecule has 7 heteroatoms. The van der Waals surface area contributed by atoms with E-state index in [0.29, 0.717) is 13.2 Å². The lowest BCUT2D eigenvalue weighted by Gasteiger charge is -2.20. The van der Waals surface area contributed by atoms with Gasteiger partial charge in [0.25, 0.3) is 5.95 Å². The first-order chi connectivity index (χ1) is 12.6. The van der Waals surface area contributed by atoms with Crippen LogP contribution in [0.2, 0.25) is 0 Å². The van der Waals surface area contributed by atoms with Crippen LogP contribution in [0.1, 0.15) is 18.1 Å². The van der Waals surface area contributed by atoms with Crippen molar-refractivity contribution >= 4 is 21.9 Å². The molecule has 1 heterocycles. The van der Waals surface area contributed by atoms with Gasteiger partial charge in [-0.3, -0.25) is 4.84 Å². The summed E-state index contributed by atoms with van der Waals surface area (Å²) in [7, 11) is 0. The minimum atomic E-state index is -0.410. The maximum atomic E-state index is 12.5. The van der Waals surface area contributed by atoms with Gasteiger partial charge in [-0.2, -0.15) is 4.98 Å². The average Bonchev–Trinajstić information content (AvgIpc) is 2.64. The molecule has 2 aromatic carbocycles. The molecule has 26 heavy (non-hydrogen) atoms. The van der Waals surface area contributed by atoms with Gasteiger partial charge in [-0.15, -0.1) is 0 Å². The van der Waals surface area contributed by atoms with Crippen molar-refractivity contribution in [3.8, 4) is 5.69 Å². The number of hydrogen-bond donors (Lipinski definition) is 0. The van der Waals surface area contributed by atoms with Crippen LogP contribution in [0.15, 0.2) is 64.1 Å². The number of rotatable bonds is 6. The average molecular weight is 415 g/mol. The predicted molar refractivity (Wildman–Crippen MR) is 104 cm³/mol. The molecule has 0 fully saturated rings. The van der Waals surface area contributed by atoms with Gasteiger partial charge in [0, 0.05) is 11.0 Å². The van der Waals surface area contributed by atoms with Crippen LogP contribution in [0.25, 0.3) is 5.69 Å². The van der Waals surface area contributed by atoms with E-state index in [1.165, 1.54) is 16.0 Å². The van der Waals surface area contributed by atoms with Gasteiger partial charge in [0.2, 0.25) is 0 Å². The van der Waals surface area contributed by atoms with E-state index < -0.39 is 5.69 Å². The summed E-state index contributed by atoms with van der Waals surface area (Å²) >= 11 is 3.48. The predicted octanol–water partition coefficient (Wildman–Crippen LogP) is 3.66. The second kappa shape index (κ2) is 8.25. The zero-order valence-corrected chi connectivity index (χ0v) is 16.2. The van der Waals surface area contributed by atoms with Crippen molar-refractivity contribution in [2.45, 2.75) is 20.5 Å². The quantitative estimate of drug-likeness (QED) is 0.576. The van der Waals surface area contributed by atoms with Crippen molar-refractivity contribution in [3.63, 3.8) is 0 Å². The van der Waals surface area contributed by atoms with E-state index >= 15 is 0 Å². The highest BCUT2D eigenvalue weighted by molar-refractivity contribution is 9.10. The lowest BCUT2D eigenvalue weighted by molar-refractivity contribution is 0.0932. The van der Waals surface area contributed by atoms with Crippen molar-refractivity contribution < 1.29 is 4.84 Å². The third-order valence-corrected chi connectivity index (χ3v) is 4.50. The summed E-state index contributed by atoms with van der Waals surface area (Å²) in [4.78, 5) is 26.7. The fourth-order valence-corrected chi connectivity index (χ4v) is 3.20. The van der Waals surface area contributed by atoms with Crippen LogP contribution in [0.3, 0.4) is 0 Å². The molecule has 0 N–H and O–H groups in total. The lowest BCUT2D eigenvalue weighted by Crippen LogP contribution is -2.30. The Bertz CT molecular complexity index is 924. The van der Waals surface area contributed by atoms with E-state index in [-0.39, 0.29) is 5.95 Å². The molecule has 0 spiro atoms. The van der Waals surface area contributed by atoms with Crippen LogP contribution in [0, 0.1) is 6.92 Å². The first kappa shape index (κ1) is 18.3. The molecular weight excluding hydrogens is 396 g/mol. The lowest BCUT2D eigenvalue weighted by atomic mass is 10.2. The van der Waals surface area contributed by atoms with Crippen LogP contribution in [0.5, 0.6) is 0 Å². The Hall–Kier alpha value is -2.51. The van der Waals surface area contributed by atoms with Crippen LogP contribution in [-0.2, 0) is 11.4 Å². The molecule has 3 aromatic rings. The highest BCUT2D eigenvalue weighted by Gasteiger charge is 2.14. The molecule has 6 nitrogen and oxygen atoms in total. The Morgan fingerprint density at radius 3 is 2.58 bits per heavy atom. The number of halogens is 1. The largest absolute Gasteiger partial charge is 0.356 e. The van der Waals surface area contributed by atoms with Gasteiger partial charge in [0.15, 0.2) is 0 Å². The Kier molecular flexibility index (Phi) is 5.80. The summed E-state index contributed by atoms with van der Waals surface area (Å²) in [5.74, 6) is 0.245. The second-order valence-corrected chi connectivity index (χ2v) is 6.52. The topological polar surface area (TPSA) is 60.2 Å². The minimum absolute atomic E-state index is 0.245. The molecule has 0 aliphatic carbocycles. The Morgan fingerprint density at radius 1 is 1.15 bits per heavy atom. The summed E-state index contributed by atoms with van der Waals surface area (Å²) in [6, 6.07) is 15.5. The Morgan fingerprint density at radius 2 is 1.92 bits per heavy atom. The molecule has 134 valence electrons. The van der Waals surface area contributed by atoms with Gasteiger partial charge < -0.3 is 0 Å². The summed E-state index contributed by atoms with van der Waals surface area (Å²) in [6.07, 6.45) is 1.48. The molecular formula is C19H19BrN4O2. The highest BCUT2D eigenvalue weighted by atomic mass is 79.9. The van der Waals surface area contributed by atoms with Gasteiger partial charge in [-0.25, -0.2) is 19.4 Å². The number of hydroxylamine groups is 1. The van der Waals surface area contributed by atoms with Crippen molar-refractivity contribution in [3.05, 3.63) is 80.9 Å². The number of anilines is 1. The standard InChI is InChI=1S/C19H19BrN4O2/c1-3-24(26-12-15-9-5-4-6-10-15)18-21-13-23(19(25)22-18)17-14(2)8-7-11-16(17)20/h4-11,13H,3,12H2,1-2H3. The van der Waals surface area contributed by atoms with Gasteiger partial charge in [-0.05, 0) is 47.0 Å². The monoisotopic (exact) mass is 414 g/mol. The molecule has 0 aliphatic rings. The van der Waals surface area contributed by atoms with E-state index in [1.54, 1.807) is 0 Å². The Labute approximate surface area is 160 Å². The summed E-state index contributed by atoms with van der Waals surface area (Å²) < 4.78 is 2.23. The Balaban J connectivity index is 1.85. The van der Waals surface area contributed by atoms with Gasteiger partial charge in [0.05, 0.1) is 5.69 Å². The van der Waals surface area contributed by atoms with E-state index in [4.69, 9.17) is 4.84 Å². The SMILES string of the molecule is CCN(OCc1ccccc1)c1ncn(-c2c(C)cccc2Br)c(=O)n1. The van der Waals surface area contributed by atoms with E-state index in [0.717, 1.165) is 21.3 Å². The highest BCUT2D eigenvalue weighted by Crippen LogP contribution is 2.23. The molecule has 0 radical (unpaired) electrons. The van der Waals surface area contributed by atoms with Crippen LogP contribution in [0.4, 0.5) is 5.95 Å². The van der Waals surface area contributed by atoms with Crippen molar-refractivity contribution in [1.29, 1.82) is 0 Å². The van der Waals surface area contributed by atoms with E-state index in [1.807, 2.05) is 62.4 Å². The van der Waals surface area contributed by atoms with E-state index in [9.17, 15) is 4.79 Å². The van der Waals surface area contributed by atoms with E-state index in [2.05, 4.69) is 25.9 Å². The first-order valence-electron chi connectivity index (χ1n) is 8.25. The number of aryl methyl sites for hydroxylation is 1. The van der Waals surface area contributed by atoms with Gasteiger partial charge in [-0.1, -0.05) is 42.5 Å². The van der Waals surface area contributed by atoms with Crippen LogP contribution >= 0.6 is 15.9 Å². The molecule has 0 saturated carbocycles. The third kappa shape index (κ3) is 4.00. The smallest absolute Gasteiger partial charge is 0.266 e. The zero-order valence-electron chi connectivity index (χ0n) is 14.6. The van der Waals surface area contributed by atoms with Crippen LogP contribution < -0.4 is 10.8 Å². The first-order valence-corrected chi connectivity index (χ1v) is 9.05. The molecule has 0 aliphatic heterocycles. The molecule has 0 unspecified atom stereocenters. The fourth-order valence-electron chi connectivity index (χ4n) is 2.55. The number of benzene rings is 2. The van der Waals surface area contributed by atoms with Crippen LogP contribution in [-0.4, -0.2) is 21.1 Å². The number of nitrogens with zero attached hydrogens (tertiary/aromatic N) is 4. The maximum absolute atomic E-state index is 12.5. The van der Waals surface area contributed by atoms with Crippen molar-refractivity contribution in [1.82, 2.24) is 14.5 Å². The molecule has 0 amide bonds. The van der Waals surface area contributed by atoms with Gasteiger partial charge in [0.1, 0.15) is 12.9 Å². The molecule has 0 bridgehead atoms. The number of aromatic nitrogens is 3. The summed E-state index contributed by atoms with van der Waals surface area (Å²) in [6.45, 7) is 4.74. The normalized spacial score (nSPS) is 10.7. The van der Waals surface area contributed by atoms with Gasteiger partial charge >= 0.3 is 5.69 Å². The number of para-hydroxylation sites is 1. The second-order valence-electron chi connectivity index (χ2n) is 5.67. The third-order valence-electron chi connectivity index (χ3n) is 3.86. The molecule has 0 atom stereocenters. The fraction of sp³-hybridized carbons (Fsp3) is 0.211.